The predicted molar refractivity (Wildman–Crippen MR) is 109 cm³/mol. The van der Waals surface area contributed by atoms with E-state index >= 15 is 0 Å². The van der Waals surface area contributed by atoms with E-state index in [2.05, 4.69) is 48.9 Å². The molecule has 0 saturated carbocycles. The van der Waals surface area contributed by atoms with Gasteiger partial charge in [0.1, 0.15) is 10.0 Å². The number of aromatic nitrogens is 2. The Hall–Kier alpha value is -1.60. The minimum Gasteiger partial charge on any atom is -0.235 e. The highest BCUT2D eigenvalue weighted by atomic mass is 32.1. The molecule has 5 aromatic rings. The Morgan fingerprint density at radius 3 is 1.54 bits per heavy atom. The average Bonchev–Trinajstić information content (AvgIpc) is 3.29. The summed E-state index contributed by atoms with van der Waals surface area (Å²) >= 11 is 7.05. The van der Waals surface area contributed by atoms with Crippen molar-refractivity contribution in [1.29, 1.82) is 0 Å². The zero-order valence-electron chi connectivity index (χ0n) is 13.0. The maximum absolute atomic E-state index is 4.87. The molecule has 0 saturated heterocycles. The molecule has 2 nitrogen and oxygen atoms in total. The summed E-state index contributed by atoms with van der Waals surface area (Å²) in [7, 11) is 0. The molecule has 0 aliphatic heterocycles. The minimum atomic E-state index is 1.08. The van der Waals surface area contributed by atoms with E-state index in [1.54, 1.807) is 45.3 Å². The van der Waals surface area contributed by atoms with Crippen LogP contribution in [0.5, 0.6) is 0 Å². The fourth-order valence-electron chi connectivity index (χ4n) is 2.73. The SMILES string of the molecule is Cc1ccsc1-c1nc2cc3sc(-c4sccc4C)nc3cc2s1. The van der Waals surface area contributed by atoms with Crippen LogP contribution in [0, 0.1) is 13.8 Å². The highest BCUT2D eigenvalue weighted by molar-refractivity contribution is 7.26. The highest BCUT2D eigenvalue weighted by Gasteiger charge is 2.14. The van der Waals surface area contributed by atoms with Gasteiger partial charge in [0.15, 0.2) is 0 Å². The number of aryl methyl sites for hydroxylation is 2. The normalized spacial score (nSPS) is 11.8. The summed E-state index contributed by atoms with van der Waals surface area (Å²) in [6.07, 6.45) is 0. The third-order valence-electron chi connectivity index (χ3n) is 4.01. The fourth-order valence-corrected chi connectivity index (χ4v) is 6.85. The number of thiophene rings is 2. The smallest absolute Gasteiger partial charge is 0.134 e. The Morgan fingerprint density at radius 1 is 0.708 bits per heavy atom. The maximum Gasteiger partial charge on any atom is 0.134 e. The van der Waals surface area contributed by atoms with Gasteiger partial charge < -0.3 is 0 Å². The van der Waals surface area contributed by atoms with Crippen LogP contribution in [0.1, 0.15) is 11.1 Å². The van der Waals surface area contributed by atoms with Gasteiger partial charge >= 0.3 is 0 Å². The molecular weight excluding hydrogens is 372 g/mol. The molecule has 0 bridgehead atoms. The van der Waals surface area contributed by atoms with Gasteiger partial charge in [0, 0.05) is 0 Å². The molecule has 0 radical (unpaired) electrons. The first-order valence-electron chi connectivity index (χ1n) is 7.49. The van der Waals surface area contributed by atoms with Crippen molar-refractivity contribution < 1.29 is 0 Å². The maximum atomic E-state index is 4.87. The van der Waals surface area contributed by atoms with Gasteiger partial charge in [-0.3, -0.25) is 0 Å². The summed E-state index contributed by atoms with van der Waals surface area (Å²) in [5, 5.41) is 6.49. The number of hydrogen-bond donors (Lipinski definition) is 0. The van der Waals surface area contributed by atoms with E-state index in [0.29, 0.717) is 0 Å². The van der Waals surface area contributed by atoms with Gasteiger partial charge in [-0.25, -0.2) is 9.97 Å². The number of hydrogen-bond acceptors (Lipinski definition) is 6. The van der Waals surface area contributed by atoms with Crippen LogP contribution in [0.3, 0.4) is 0 Å². The summed E-state index contributed by atoms with van der Waals surface area (Å²) in [6, 6.07) is 8.69. The van der Waals surface area contributed by atoms with Gasteiger partial charge in [0.25, 0.3) is 0 Å². The molecule has 0 atom stereocenters. The molecule has 0 N–H and O–H groups in total. The van der Waals surface area contributed by atoms with E-state index in [0.717, 1.165) is 21.0 Å². The molecule has 4 heterocycles. The van der Waals surface area contributed by atoms with Crippen molar-refractivity contribution >= 4 is 65.8 Å². The lowest BCUT2D eigenvalue weighted by Crippen LogP contribution is -1.74. The Morgan fingerprint density at radius 2 is 1.17 bits per heavy atom. The Balaban J connectivity index is 1.68. The van der Waals surface area contributed by atoms with Crippen molar-refractivity contribution in [3.05, 3.63) is 46.2 Å². The topological polar surface area (TPSA) is 25.8 Å². The molecule has 0 aliphatic carbocycles. The Bertz CT molecular complexity index is 1050. The first-order chi connectivity index (χ1) is 11.7. The van der Waals surface area contributed by atoms with Crippen LogP contribution in [-0.2, 0) is 0 Å². The van der Waals surface area contributed by atoms with Crippen LogP contribution in [0.4, 0.5) is 0 Å². The molecule has 4 aromatic heterocycles. The quantitative estimate of drug-likeness (QED) is 0.328. The molecule has 0 spiro atoms. The van der Waals surface area contributed by atoms with E-state index in [9.17, 15) is 0 Å². The first kappa shape index (κ1) is 14.7. The fraction of sp³-hybridized carbons (Fsp3) is 0.111. The molecular formula is C18H12N2S4. The minimum absolute atomic E-state index is 1.08. The summed E-state index contributed by atoms with van der Waals surface area (Å²) in [4.78, 5) is 12.3. The van der Waals surface area contributed by atoms with Gasteiger partial charge in [-0.15, -0.1) is 45.3 Å². The molecule has 0 unspecified atom stereocenters. The van der Waals surface area contributed by atoms with Crippen LogP contribution < -0.4 is 0 Å². The number of thiazole rings is 2. The van der Waals surface area contributed by atoms with Gasteiger partial charge in [-0.1, -0.05) is 0 Å². The summed E-state index contributed by atoms with van der Waals surface area (Å²) in [5.41, 5.74) is 4.76. The first-order valence-corrected chi connectivity index (χ1v) is 10.9. The van der Waals surface area contributed by atoms with Crippen molar-refractivity contribution in [2.24, 2.45) is 0 Å². The lowest BCUT2D eigenvalue weighted by Gasteiger charge is -1.91. The molecule has 0 fully saturated rings. The average molecular weight is 385 g/mol. The van der Waals surface area contributed by atoms with Crippen LogP contribution in [0.2, 0.25) is 0 Å². The van der Waals surface area contributed by atoms with Gasteiger partial charge in [-0.05, 0) is 60.0 Å². The monoisotopic (exact) mass is 384 g/mol. The van der Waals surface area contributed by atoms with E-state index in [1.165, 1.54) is 30.3 Å². The molecule has 0 amide bonds. The summed E-state index contributed by atoms with van der Waals surface area (Å²) < 4.78 is 2.43. The standard InChI is InChI=1S/C18H12N2S4/c1-9-3-5-21-15(9)17-19-11-7-14-12(8-13(11)23-17)20-18(24-14)16-10(2)4-6-22-16/h3-8H,1-2H3. The largest absolute Gasteiger partial charge is 0.235 e. The van der Waals surface area contributed by atoms with Crippen LogP contribution in [-0.4, -0.2) is 9.97 Å². The zero-order chi connectivity index (χ0) is 16.3. The zero-order valence-corrected chi connectivity index (χ0v) is 16.3. The van der Waals surface area contributed by atoms with Crippen molar-refractivity contribution in [3.8, 4) is 19.8 Å². The van der Waals surface area contributed by atoms with Crippen molar-refractivity contribution in [3.63, 3.8) is 0 Å². The molecule has 118 valence electrons. The Kier molecular flexibility index (Phi) is 3.35. The van der Waals surface area contributed by atoms with Gasteiger partial charge in [0.05, 0.1) is 30.2 Å². The third-order valence-corrected chi connectivity index (χ3v) is 8.39. The van der Waals surface area contributed by atoms with E-state index < -0.39 is 0 Å². The lowest BCUT2D eigenvalue weighted by atomic mass is 10.3. The molecule has 0 aliphatic rings. The second-order valence-electron chi connectivity index (χ2n) is 5.69. The molecule has 1 aromatic carbocycles. The van der Waals surface area contributed by atoms with E-state index in [-0.39, 0.29) is 0 Å². The second-order valence-corrected chi connectivity index (χ2v) is 9.58. The van der Waals surface area contributed by atoms with Gasteiger partial charge in [0.2, 0.25) is 0 Å². The predicted octanol–water partition coefficient (Wildman–Crippen LogP) is 6.98. The van der Waals surface area contributed by atoms with Crippen LogP contribution >= 0.6 is 45.3 Å². The number of fused-ring (bicyclic) bond motifs is 2. The Labute approximate surface area is 155 Å². The van der Waals surface area contributed by atoms with Crippen molar-refractivity contribution in [2.75, 3.05) is 0 Å². The molecule has 5 rings (SSSR count). The summed E-state index contributed by atoms with van der Waals surface area (Å²) in [5.74, 6) is 0. The third kappa shape index (κ3) is 2.25. The summed E-state index contributed by atoms with van der Waals surface area (Å²) in [6.45, 7) is 4.29. The molecule has 6 heteroatoms. The second kappa shape index (κ2) is 5.46. The van der Waals surface area contributed by atoms with Crippen LogP contribution in [0.25, 0.3) is 40.2 Å². The molecule has 24 heavy (non-hydrogen) atoms. The van der Waals surface area contributed by atoms with Crippen LogP contribution in [0.15, 0.2) is 35.0 Å². The van der Waals surface area contributed by atoms with E-state index in [1.807, 2.05) is 0 Å². The number of benzene rings is 1. The number of nitrogens with zero attached hydrogens (tertiary/aromatic N) is 2. The number of rotatable bonds is 2. The van der Waals surface area contributed by atoms with Gasteiger partial charge in [-0.2, -0.15) is 0 Å². The highest BCUT2D eigenvalue weighted by Crippen LogP contribution is 2.40. The van der Waals surface area contributed by atoms with Crippen molar-refractivity contribution in [1.82, 2.24) is 9.97 Å². The van der Waals surface area contributed by atoms with E-state index in [4.69, 9.17) is 9.97 Å². The lowest BCUT2D eigenvalue weighted by molar-refractivity contribution is 1.46. The van der Waals surface area contributed by atoms with Crippen molar-refractivity contribution in [2.45, 2.75) is 13.8 Å².